The lowest BCUT2D eigenvalue weighted by Crippen LogP contribution is -2.48. The SMILES string of the molecule is CC1CN(C(=O)c2cc(N)n3nc(-c4ccc(Cl)o4)nc3c2)CC(C)O1. The number of carbonyl (C=O) groups excluding carboxylic acids is 1. The summed E-state index contributed by atoms with van der Waals surface area (Å²) in [6, 6.07) is 6.57. The van der Waals surface area contributed by atoms with Gasteiger partial charge in [0.15, 0.2) is 16.6 Å². The molecule has 2 N–H and O–H groups in total. The molecule has 0 radical (unpaired) electrons. The van der Waals surface area contributed by atoms with Crippen LogP contribution >= 0.6 is 11.6 Å². The minimum Gasteiger partial charge on any atom is -0.441 e. The molecule has 8 nitrogen and oxygen atoms in total. The van der Waals surface area contributed by atoms with Gasteiger partial charge in [-0.2, -0.15) is 4.52 Å². The van der Waals surface area contributed by atoms with Gasteiger partial charge >= 0.3 is 0 Å². The third kappa shape index (κ3) is 3.02. The maximum atomic E-state index is 12.9. The first kappa shape index (κ1) is 16.9. The van der Waals surface area contributed by atoms with Crippen molar-refractivity contribution in [3.63, 3.8) is 0 Å². The first-order chi connectivity index (χ1) is 12.4. The van der Waals surface area contributed by atoms with Crippen LogP contribution in [-0.2, 0) is 4.74 Å². The Morgan fingerprint density at radius 3 is 2.65 bits per heavy atom. The molecule has 26 heavy (non-hydrogen) atoms. The Morgan fingerprint density at radius 2 is 2.00 bits per heavy atom. The summed E-state index contributed by atoms with van der Waals surface area (Å²) in [5, 5.41) is 4.56. The molecule has 2 unspecified atom stereocenters. The van der Waals surface area contributed by atoms with Crippen LogP contribution in [0.5, 0.6) is 0 Å². The Labute approximate surface area is 154 Å². The maximum absolute atomic E-state index is 12.9. The third-order valence-electron chi connectivity index (χ3n) is 4.21. The molecule has 2 atom stereocenters. The maximum Gasteiger partial charge on any atom is 0.254 e. The number of ether oxygens (including phenoxy) is 1. The lowest BCUT2D eigenvalue weighted by Gasteiger charge is -2.35. The number of amides is 1. The fourth-order valence-electron chi connectivity index (χ4n) is 3.20. The molecule has 0 saturated carbocycles. The van der Waals surface area contributed by atoms with Crippen LogP contribution in [0.15, 0.2) is 28.7 Å². The van der Waals surface area contributed by atoms with E-state index in [1.807, 2.05) is 13.8 Å². The van der Waals surface area contributed by atoms with Crippen LogP contribution < -0.4 is 5.73 Å². The van der Waals surface area contributed by atoms with Crippen LogP contribution in [0.3, 0.4) is 0 Å². The minimum absolute atomic E-state index is 0.00725. The quantitative estimate of drug-likeness (QED) is 0.738. The number of hydrogen-bond acceptors (Lipinski definition) is 6. The molecule has 0 aliphatic carbocycles. The van der Waals surface area contributed by atoms with Crippen molar-refractivity contribution < 1.29 is 13.9 Å². The van der Waals surface area contributed by atoms with Crippen molar-refractivity contribution in [2.24, 2.45) is 0 Å². The number of rotatable bonds is 2. The smallest absolute Gasteiger partial charge is 0.254 e. The predicted octanol–water partition coefficient (Wildman–Crippen LogP) is 2.47. The van der Waals surface area contributed by atoms with Gasteiger partial charge in [-0.3, -0.25) is 4.79 Å². The molecular formula is C17H18ClN5O3. The summed E-state index contributed by atoms with van der Waals surface area (Å²) in [7, 11) is 0. The Hall–Kier alpha value is -2.58. The summed E-state index contributed by atoms with van der Waals surface area (Å²) >= 11 is 5.80. The van der Waals surface area contributed by atoms with Crippen molar-refractivity contribution in [2.45, 2.75) is 26.1 Å². The van der Waals surface area contributed by atoms with Gasteiger partial charge in [0, 0.05) is 18.7 Å². The van der Waals surface area contributed by atoms with Gasteiger partial charge in [-0.15, -0.1) is 5.10 Å². The summed E-state index contributed by atoms with van der Waals surface area (Å²) in [6.07, 6.45) is -0.0145. The standard InChI is InChI=1S/C17H18ClN5O3/c1-9-7-22(8-10(2)25-9)17(24)11-5-14(19)23-15(6-11)20-16(21-23)12-3-4-13(18)26-12/h3-6,9-10H,7-8,19H2,1-2H3. The van der Waals surface area contributed by atoms with E-state index in [0.717, 1.165) is 0 Å². The van der Waals surface area contributed by atoms with Crippen molar-refractivity contribution in [1.82, 2.24) is 19.5 Å². The van der Waals surface area contributed by atoms with Crippen LogP contribution in [0.4, 0.5) is 5.82 Å². The molecular weight excluding hydrogens is 358 g/mol. The van der Waals surface area contributed by atoms with Crippen LogP contribution in [0.1, 0.15) is 24.2 Å². The summed E-state index contributed by atoms with van der Waals surface area (Å²) in [4.78, 5) is 19.1. The van der Waals surface area contributed by atoms with Crippen molar-refractivity contribution in [3.05, 3.63) is 35.0 Å². The third-order valence-corrected chi connectivity index (χ3v) is 4.42. The van der Waals surface area contributed by atoms with E-state index in [2.05, 4.69) is 10.1 Å². The van der Waals surface area contributed by atoms with Crippen molar-refractivity contribution >= 4 is 29.0 Å². The number of fused-ring (bicyclic) bond motifs is 1. The van der Waals surface area contributed by atoms with E-state index in [1.165, 1.54) is 4.52 Å². The van der Waals surface area contributed by atoms with Gasteiger partial charge in [-0.1, -0.05) is 0 Å². The summed E-state index contributed by atoms with van der Waals surface area (Å²) in [6.45, 7) is 4.98. The molecule has 0 bridgehead atoms. The first-order valence-electron chi connectivity index (χ1n) is 8.27. The number of furan rings is 1. The van der Waals surface area contributed by atoms with E-state index < -0.39 is 0 Å². The minimum atomic E-state index is -0.105. The average molecular weight is 376 g/mol. The van der Waals surface area contributed by atoms with Gasteiger partial charge in [-0.25, -0.2) is 4.98 Å². The summed E-state index contributed by atoms with van der Waals surface area (Å²) in [5.74, 6) is 0.993. The molecule has 0 aromatic carbocycles. The van der Waals surface area contributed by atoms with E-state index in [0.29, 0.717) is 41.7 Å². The van der Waals surface area contributed by atoms with Crippen LogP contribution in [0.25, 0.3) is 17.2 Å². The number of carbonyl (C=O) groups is 1. The highest BCUT2D eigenvalue weighted by Gasteiger charge is 2.27. The summed E-state index contributed by atoms with van der Waals surface area (Å²) < 4.78 is 12.5. The Bertz CT molecular complexity index is 972. The predicted molar refractivity (Wildman–Crippen MR) is 96.0 cm³/mol. The molecule has 3 aromatic heterocycles. The number of aromatic nitrogens is 3. The Balaban J connectivity index is 1.69. The molecule has 1 aliphatic heterocycles. The highest BCUT2D eigenvalue weighted by Crippen LogP contribution is 2.24. The number of nitrogens with zero attached hydrogens (tertiary/aromatic N) is 4. The number of hydrogen-bond donors (Lipinski definition) is 1. The van der Waals surface area contributed by atoms with Crippen LogP contribution in [-0.4, -0.2) is 50.7 Å². The van der Waals surface area contributed by atoms with Crippen molar-refractivity contribution in [1.29, 1.82) is 0 Å². The van der Waals surface area contributed by atoms with Gasteiger partial charge in [0.2, 0.25) is 5.82 Å². The van der Waals surface area contributed by atoms with E-state index in [9.17, 15) is 4.79 Å². The van der Waals surface area contributed by atoms with E-state index in [-0.39, 0.29) is 23.3 Å². The van der Waals surface area contributed by atoms with E-state index in [1.54, 1.807) is 29.2 Å². The molecule has 0 spiro atoms. The van der Waals surface area contributed by atoms with Gasteiger partial charge in [0.25, 0.3) is 5.91 Å². The van der Waals surface area contributed by atoms with E-state index in [4.69, 9.17) is 26.5 Å². The molecule has 1 saturated heterocycles. The first-order valence-corrected chi connectivity index (χ1v) is 8.65. The molecule has 9 heteroatoms. The fourth-order valence-corrected chi connectivity index (χ4v) is 3.34. The number of pyridine rings is 1. The molecule has 4 heterocycles. The molecule has 4 rings (SSSR count). The van der Waals surface area contributed by atoms with Crippen molar-refractivity contribution in [2.75, 3.05) is 18.8 Å². The van der Waals surface area contributed by atoms with Crippen LogP contribution in [0.2, 0.25) is 5.22 Å². The van der Waals surface area contributed by atoms with Crippen molar-refractivity contribution in [3.8, 4) is 11.6 Å². The second-order valence-corrected chi connectivity index (χ2v) is 6.82. The number of nitrogen functional groups attached to an aromatic ring is 1. The molecule has 1 amide bonds. The lowest BCUT2D eigenvalue weighted by molar-refractivity contribution is -0.0586. The number of morpholine rings is 1. The van der Waals surface area contributed by atoms with Gasteiger partial charge in [0.1, 0.15) is 5.82 Å². The second kappa shape index (κ2) is 6.30. The number of anilines is 1. The zero-order chi connectivity index (χ0) is 18.4. The normalized spacial score (nSPS) is 20.7. The van der Waals surface area contributed by atoms with Gasteiger partial charge in [-0.05, 0) is 49.7 Å². The fraction of sp³-hybridized carbons (Fsp3) is 0.353. The van der Waals surface area contributed by atoms with Crippen LogP contribution in [0, 0.1) is 0 Å². The Morgan fingerprint density at radius 1 is 1.27 bits per heavy atom. The van der Waals surface area contributed by atoms with E-state index >= 15 is 0 Å². The highest BCUT2D eigenvalue weighted by atomic mass is 35.5. The van der Waals surface area contributed by atoms with Gasteiger partial charge < -0.3 is 19.8 Å². The lowest BCUT2D eigenvalue weighted by atomic mass is 10.1. The molecule has 1 aliphatic rings. The largest absolute Gasteiger partial charge is 0.441 e. The topological polar surface area (TPSA) is 98.9 Å². The number of nitrogens with two attached hydrogens (primary N) is 1. The second-order valence-electron chi connectivity index (χ2n) is 6.45. The summed E-state index contributed by atoms with van der Waals surface area (Å²) in [5.41, 5.74) is 7.01. The highest BCUT2D eigenvalue weighted by molar-refractivity contribution is 6.28. The molecule has 3 aromatic rings. The molecule has 136 valence electrons. The monoisotopic (exact) mass is 375 g/mol. The zero-order valence-corrected chi connectivity index (χ0v) is 15.1. The molecule has 1 fully saturated rings. The van der Waals surface area contributed by atoms with Gasteiger partial charge in [0.05, 0.1) is 12.2 Å². The number of halogens is 1. The zero-order valence-electron chi connectivity index (χ0n) is 14.3. The Kier molecular flexibility index (Phi) is 4.08. The average Bonchev–Trinajstić information content (AvgIpc) is 3.19.